The summed E-state index contributed by atoms with van der Waals surface area (Å²) in [5, 5.41) is -0.289. The van der Waals surface area contributed by atoms with Crippen molar-refractivity contribution in [2.45, 2.75) is 13.8 Å². The number of para-hydroxylation sites is 1. The van der Waals surface area contributed by atoms with Gasteiger partial charge < -0.3 is 9.47 Å². The lowest BCUT2D eigenvalue weighted by molar-refractivity contribution is -0.123. The zero-order valence-corrected chi connectivity index (χ0v) is 18.7. The number of rotatable bonds is 7. The molecule has 5 nitrogen and oxygen atoms in total. The Bertz CT molecular complexity index is 1170. The van der Waals surface area contributed by atoms with Gasteiger partial charge in [0.2, 0.25) is 0 Å². The Morgan fingerprint density at radius 2 is 1.69 bits per heavy atom. The first kappa shape index (κ1) is 21.7. The monoisotopic (exact) mass is 445 g/mol. The second kappa shape index (κ2) is 9.75. The predicted molar refractivity (Wildman–Crippen MR) is 127 cm³/mol. The fourth-order valence-electron chi connectivity index (χ4n) is 3.25. The number of carbonyl (C=O) groups excluding carboxylic acids is 2. The summed E-state index contributed by atoms with van der Waals surface area (Å²) in [7, 11) is 0. The molecule has 1 aliphatic rings. The number of hydrogen-bond acceptors (Lipinski definition) is 5. The van der Waals surface area contributed by atoms with Gasteiger partial charge in [0.1, 0.15) is 23.9 Å². The predicted octanol–water partition coefficient (Wildman–Crippen LogP) is 6.21. The number of imide groups is 1. The van der Waals surface area contributed by atoms with E-state index >= 15 is 0 Å². The minimum absolute atomic E-state index is 0.201. The fraction of sp³-hybridized carbons (Fsp3) is 0.154. The summed E-state index contributed by atoms with van der Waals surface area (Å²) in [6, 6.07) is 22.8. The van der Waals surface area contributed by atoms with Crippen LogP contribution in [-0.4, -0.2) is 29.2 Å². The number of nitrogens with zero attached hydrogens (tertiary/aromatic N) is 1. The molecule has 0 atom stereocenters. The minimum Gasteiger partial charge on any atom is -0.491 e. The van der Waals surface area contributed by atoms with Gasteiger partial charge in [-0.3, -0.25) is 14.5 Å². The third kappa shape index (κ3) is 5.21. The van der Waals surface area contributed by atoms with E-state index in [1.807, 2.05) is 86.6 Å². The van der Waals surface area contributed by atoms with Gasteiger partial charge in [0.15, 0.2) is 0 Å². The smallest absolute Gasteiger partial charge is 0.293 e. The molecule has 3 aromatic carbocycles. The van der Waals surface area contributed by atoms with E-state index in [-0.39, 0.29) is 24.3 Å². The largest absolute Gasteiger partial charge is 0.491 e. The van der Waals surface area contributed by atoms with Crippen LogP contribution in [0.3, 0.4) is 0 Å². The molecule has 2 amide bonds. The van der Waals surface area contributed by atoms with Crippen molar-refractivity contribution in [1.82, 2.24) is 4.90 Å². The summed E-state index contributed by atoms with van der Waals surface area (Å²) in [6.07, 6.45) is 1.72. The number of ether oxygens (including phenoxy) is 2. The van der Waals surface area contributed by atoms with E-state index in [1.165, 1.54) is 4.90 Å². The summed E-state index contributed by atoms with van der Waals surface area (Å²) >= 11 is 0.940. The van der Waals surface area contributed by atoms with E-state index in [0.29, 0.717) is 10.7 Å². The van der Waals surface area contributed by atoms with Crippen molar-refractivity contribution in [2.75, 3.05) is 13.2 Å². The highest BCUT2D eigenvalue weighted by atomic mass is 32.2. The van der Waals surface area contributed by atoms with Crippen molar-refractivity contribution in [3.8, 4) is 17.2 Å². The van der Waals surface area contributed by atoms with Gasteiger partial charge in [0, 0.05) is 0 Å². The number of thioether (sulfide) groups is 1. The third-order valence-corrected chi connectivity index (χ3v) is 5.83. The van der Waals surface area contributed by atoms with Gasteiger partial charge in [0.25, 0.3) is 11.1 Å². The second-order valence-electron chi connectivity index (χ2n) is 7.44. The average Bonchev–Trinajstić information content (AvgIpc) is 3.04. The SMILES string of the molecule is Cc1ccc(C)c(OCCN2C(=O)S/C(=C\c3cccc(Oc4ccccc4)c3)C2=O)c1. The Kier molecular flexibility index (Phi) is 6.61. The van der Waals surface area contributed by atoms with E-state index in [9.17, 15) is 9.59 Å². The lowest BCUT2D eigenvalue weighted by Crippen LogP contribution is -2.32. The molecule has 162 valence electrons. The molecule has 0 bridgehead atoms. The number of aryl methyl sites for hydroxylation is 2. The van der Waals surface area contributed by atoms with E-state index in [2.05, 4.69) is 0 Å². The van der Waals surface area contributed by atoms with Crippen molar-refractivity contribution in [1.29, 1.82) is 0 Å². The lowest BCUT2D eigenvalue weighted by Gasteiger charge is -2.14. The molecule has 0 N–H and O–H groups in total. The molecule has 0 aromatic heterocycles. The first-order valence-electron chi connectivity index (χ1n) is 10.3. The highest BCUT2D eigenvalue weighted by Crippen LogP contribution is 2.33. The molecule has 0 aliphatic carbocycles. The van der Waals surface area contributed by atoms with Crippen LogP contribution in [-0.2, 0) is 4.79 Å². The molecule has 0 unspecified atom stereocenters. The molecule has 1 saturated heterocycles. The highest BCUT2D eigenvalue weighted by Gasteiger charge is 2.34. The van der Waals surface area contributed by atoms with Crippen molar-refractivity contribution in [3.05, 3.63) is 94.4 Å². The minimum atomic E-state index is -0.307. The molecule has 32 heavy (non-hydrogen) atoms. The van der Waals surface area contributed by atoms with Crippen molar-refractivity contribution >= 4 is 29.0 Å². The van der Waals surface area contributed by atoms with Gasteiger partial charge in [-0.25, -0.2) is 0 Å². The molecule has 3 aromatic rings. The normalized spacial score (nSPS) is 14.8. The maximum Gasteiger partial charge on any atom is 0.293 e. The van der Waals surface area contributed by atoms with Crippen LogP contribution < -0.4 is 9.47 Å². The van der Waals surface area contributed by atoms with E-state index < -0.39 is 0 Å². The van der Waals surface area contributed by atoms with Crippen molar-refractivity contribution in [3.63, 3.8) is 0 Å². The quantitative estimate of drug-likeness (QED) is 0.405. The molecule has 1 fully saturated rings. The topological polar surface area (TPSA) is 55.8 Å². The first-order chi connectivity index (χ1) is 15.5. The average molecular weight is 446 g/mol. The number of amides is 2. The van der Waals surface area contributed by atoms with Crippen LogP contribution in [0.15, 0.2) is 77.7 Å². The van der Waals surface area contributed by atoms with Gasteiger partial charge in [0.05, 0.1) is 11.4 Å². The van der Waals surface area contributed by atoms with Crippen molar-refractivity contribution in [2.24, 2.45) is 0 Å². The van der Waals surface area contributed by atoms with Crippen LogP contribution in [0.25, 0.3) is 6.08 Å². The summed E-state index contributed by atoms with van der Waals surface area (Å²) in [4.78, 5) is 26.8. The van der Waals surface area contributed by atoms with Crippen LogP contribution in [0, 0.1) is 13.8 Å². The van der Waals surface area contributed by atoms with Crippen LogP contribution in [0.4, 0.5) is 4.79 Å². The molecule has 0 saturated carbocycles. The fourth-order valence-corrected chi connectivity index (χ4v) is 4.11. The summed E-state index contributed by atoms with van der Waals surface area (Å²) < 4.78 is 11.7. The second-order valence-corrected chi connectivity index (χ2v) is 8.43. The number of benzene rings is 3. The van der Waals surface area contributed by atoms with E-state index in [0.717, 1.165) is 40.0 Å². The van der Waals surface area contributed by atoms with E-state index in [1.54, 1.807) is 6.08 Å². The van der Waals surface area contributed by atoms with Gasteiger partial charge in [-0.15, -0.1) is 0 Å². The lowest BCUT2D eigenvalue weighted by atomic mass is 10.1. The number of carbonyl (C=O) groups is 2. The zero-order valence-electron chi connectivity index (χ0n) is 17.9. The van der Waals surface area contributed by atoms with Gasteiger partial charge in [-0.2, -0.15) is 0 Å². The standard InChI is InChI=1S/C26H23NO4S/c1-18-11-12-19(2)23(15-18)30-14-13-27-25(28)24(32-26(27)29)17-20-7-6-10-22(16-20)31-21-8-4-3-5-9-21/h3-12,15-17H,13-14H2,1-2H3/b24-17-. The number of hydrogen-bond donors (Lipinski definition) is 0. The van der Waals surface area contributed by atoms with Gasteiger partial charge in [-0.1, -0.05) is 42.5 Å². The molecule has 6 heteroatoms. The molecule has 0 spiro atoms. The van der Waals surface area contributed by atoms with Gasteiger partial charge in [-0.05, 0) is 78.7 Å². The maximum absolute atomic E-state index is 12.8. The highest BCUT2D eigenvalue weighted by molar-refractivity contribution is 8.18. The Hall–Kier alpha value is -3.51. The van der Waals surface area contributed by atoms with Crippen LogP contribution >= 0.6 is 11.8 Å². The van der Waals surface area contributed by atoms with Crippen LogP contribution in [0.2, 0.25) is 0 Å². The molecular formula is C26H23NO4S. The Morgan fingerprint density at radius 1 is 0.906 bits per heavy atom. The maximum atomic E-state index is 12.8. The summed E-state index contributed by atoms with van der Waals surface area (Å²) in [6.45, 7) is 4.41. The van der Waals surface area contributed by atoms with Crippen LogP contribution in [0.1, 0.15) is 16.7 Å². The third-order valence-electron chi connectivity index (χ3n) is 4.92. The Labute approximate surface area is 191 Å². The molecule has 4 rings (SSSR count). The Morgan fingerprint density at radius 3 is 2.50 bits per heavy atom. The van der Waals surface area contributed by atoms with Crippen LogP contribution in [0.5, 0.6) is 17.2 Å². The molecular weight excluding hydrogens is 422 g/mol. The van der Waals surface area contributed by atoms with Gasteiger partial charge >= 0.3 is 0 Å². The molecule has 1 heterocycles. The first-order valence-corrected chi connectivity index (χ1v) is 11.1. The summed E-state index contributed by atoms with van der Waals surface area (Å²) in [5.74, 6) is 1.85. The Balaban J connectivity index is 1.41. The molecule has 0 radical (unpaired) electrons. The summed E-state index contributed by atoms with van der Waals surface area (Å²) in [5.41, 5.74) is 2.90. The van der Waals surface area contributed by atoms with Crippen molar-refractivity contribution < 1.29 is 19.1 Å². The molecule has 1 aliphatic heterocycles. The van der Waals surface area contributed by atoms with E-state index in [4.69, 9.17) is 9.47 Å². The zero-order chi connectivity index (χ0) is 22.5.